The SMILES string of the molecule is O=c1[nH]c2nonc2nc1Nc1ccc(C#CCCI)cc1OC(F)(F)F. The van der Waals surface area contributed by atoms with E-state index in [1.165, 1.54) is 12.1 Å². The number of halogens is 4. The maximum absolute atomic E-state index is 12.7. The third-order valence-corrected chi connectivity index (χ3v) is 3.59. The Balaban J connectivity index is 1.98. The number of H-pyrrole nitrogens is 1. The fourth-order valence-electron chi connectivity index (χ4n) is 2.00. The van der Waals surface area contributed by atoms with Gasteiger partial charge in [-0.1, -0.05) is 34.4 Å². The van der Waals surface area contributed by atoms with Gasteiger partial charge in [0.05, 0.1) is 5.69 Å². The van der Waals surface area contributed by atoms with Crippen LogP contribution in [0.1, 0.15) is 12.0 Å². The van der Waals surface area contributed by atoms with Crippen LogP contribution in [0.15, 0.2) is 27.6 Å². The summed E-state index contributed by atoms with van der Waals surface area (Å²) in [4.78, 5) is 18.2. The van der Waals surface area contributed by atoms with Gasteiger partial charge < -0.3 is 10.1 Å². The molecule has 140 valence electrons. The topological polar surface area (TPSA) is 106 Å². The number of ether oxygens (including phenoxy) is 1. The molecule has 0 aliphatic heterocycles. The second kappa shape index (κ2) is 7.82. The van der Waals surface area contributed by atoms with E-state index in [0.29, 0.717) is 12.0 Å². The van der Waals surface area contributed by atoms with E-state index in [1.54, 1.807) is 0 Å². The first-order chi connectivity index (χ1) is 12.9. The average molecular weight is 491 g/mol. The van der Waals surface area contributed by atoms with E-state index in [2.05, 4.69) is 69.4 Å². The number of aromatic amines is 1. The van der Waals surface area contributed by atoms with Gasteiger partial charge in [0.15, 0.2) is 11.6 Å². The first kappa shape index (κ1) is 19.0. The minimum Gasteiger partial charge on any atom is -0.404 e. The molecule has 2 N–H and O–H groups in total. The van der Waals surface area contributed by atoms with Crippen molar-refractivity contribution in [2.24, 2.45) is 0 Å². The minimum absolute atomic E-state index is 0.0122. The summed E-state index contributed by atoms with van der Waals surface area (Å²) in [6, 6.07) is 3.93. The van der Waals surface area contributed by atoms with Crippen LogP contribution in [0.4, 0.5) is 24.7 Å². The number of rotatable bonds is 4. The summed E-state index contributed by atoms with van der Waals surface area (Å²) in [6.45, 7) is 0. The largest absolute Gasteiger partial charge is 0.573 e. The monoisotopic (exact) mass is 491 g/mol. The fourth-order valence-corrected chi connectivity index (χ4v) is 2.27. The molecule has 3 aromatic rings. The van der Waals surface area contributed by atoms with Gasteiger partial charge >= 0.3 is 6.36 Å². The van der Waals surface area contributed by atoms with Crippen LogP contribution in [0.25, 0.3) is 11.3 Å². The Morgan fingerprint density at radius 1 is 1.33 bits per heavy atom. The minimum atomic E-state index is -4.93. The molecule has 0 fully saturated rings. The third-order valence-electron chi connectivity index (χ3n) is 3.05. The summed E-state index contributed by atoms with van der Waals surface area (Å²) in [5.41, 5.74) is -0.514. The molecule has 0 atom stereocenters. The molecule has 0 amide bonds. The molecule has 2 heterocycles. The van der Waals surface area contributed by atoms with Gasteiger partial charge in [-0.2, -0.15) is 4.98 Å². The van der Waals surface area contributed by atoms with Crippen molar-refractivity contribution in [3.05, 3.63) is 34.1 Å². The molecule has 0 unspecified atom stereocenters. The highest BCUT2D eigenvalue weighted by atomic mass is 127. The molecule has 0 saturated heterocycles. The van der Waals surface area contributed by atoms with Crippen LogP contribution in [0.2, 0.25) is 0 Å². The van der Waals surface area contributed by atoms with E-state index in [1.807, 2.05) is 0 Å². The summed E-state index contributed by atoms with van der Waals surface area (Å²) in [6.07, 6.45) is -4.33. The lowest BCUT2D eigenvalue weighted by molar-refractivity contribution is -0.274. The van der Waals surface area contributed by atoms with Crippen LogP contribution >= 0.6 is 22.6 Å². The number of hydrogen-bond acceptors (Lipinski definition) is 7. The lowest BCUT2D eigenvalue weighted by Gasteiger charge is -2.14. The molecular formula is C15H9F3IN5O3. The van der Waals surface area contributed by atoms with Crippen molar-refractivity contribution in [2.45, 2.75) is 12.8 Å². The quantitative estimate of drug-likeness (QED) is 0.328. The van der Waals surface area contributed by atoms with E-state index >= 15 is 0 Å². The van der Waals surface area contributed by atoms with E-state index < -0.39 is 17.7 Å². The van der Waals surface area contributed by atoms with Crippen LogP contribution < -0.4 is 15.6 Å². The van der Waals surface area contributed by atoms with Crippen LogP contribution in [-0.2, 0) is 0 Å². The Kier molecular flexibility index (Phi) is 5.49. The Morgan fingerprint density at radius 3 is 2.89 bits per heavy atom. The maximum atomic E-state index is 12.7. The van der Waals surface area contributed by atoms with E-state index in [4.69, 9.17) is 0 Å². The van der Waals surface area contributed by atoms with Crippen molar-refractivity contribution in [1.82, 2.24) is 20.3 Å². The van der Waals surface area contributed by atoms with Crippen molar-refractivity contribution >= 4 is 45.4 Å². The summed E-state index contributed by atoms with van der Waals surface area (Å²) < 4.78 is 47.5. The van der Waals surface area contributed by atoms with Gasteiger partial charge in [-0.3, -0.25) is 9.78 Å². The normalized spacial score (nSPS) is 11.1. The van der Waals surface area contributed by atoms with Gasteiger partial charge in [0.1, 0.15) is 0 Å². The zero-order valence-electron chi connectivity index (χ0n) is 13.2. The van der Waals surface area contributed by atoms with Gasteiger partial charge in [0.2, 0.25) is 11.3 Å². The number of anilines is 2. The summed E-state index contributed by atoms with van der Waals surface area (Å²) in [5, 5.41) is 9.38. The summed E-state index contributed by atoms with van der Waals surface area (Å²) >= 11 is 2.14. The zero-order chi connectivity index (χ0) is 19.4. The molecule has 0 aliphatic rings. The maximum Gasteiger partial charge on any atom is 0.573 e. The molecule has 2 aromatic heterocycles. The van der Waals surface area contributed by atoms with Gasteiger partial charge in [-0.15, -0.1) is 13.2 Å². The third kappa shape index (κ3) is 4.88. The second-order valence-corrected chi connectivity index (χ2v) is 6.05. The molecule has 8 nitrogen and oxygen atoms in total. The summed E-state index contributed by atoms with van der Waals surface area (Å²) in [5.74, 6) is 4.73. The molecule has 27 heavy (non-hydrogen) atoms. The van der Waals surface area contributed by atoms with Gasteiger partial charge in [0, 0.05) is 16.4 Å². The highest BCUT2D eigenvalue weighted by molar-refractivity contribution is 14.1. The van der Waals surface area contributed by atoms with Crippen molar-refractivity contribution in [2.75, 3.05) is 9.74 Å². The van der Waals surface area contributed by atoms with Crippen LogP contribution in [0.5, 0.6) is 5.75 Å². The Labute approximate surface area is 162 Å². The van der Waals surface area contributed by atoms with E-state index in [0.717, 1.165) is 10.5 Å². The molecule has 0 radical (unpaired) electrons. The molecule has 0 spiro atoms. The predicted octanol–water partition coefficient (Wildman–Crippen LogP) is 3.12. The van der Waals surface area contributed by atoms with Crippen molar-refractivity contribution < 1.29 is 22.5 Å². The fraction of sp³-hybridized carbons (Fsp3) is 0.200. The molecule has 0 bridgehead atoms. The van der Waals surface area contributed by atoms with Crippen molar-refractivity contribution in [3.8, 4) is 17.6 Å². The number of benzene rings is 1. The predicted molar refractivity (Wildman–Crippen MR) is 97.0 cm³/mol. The number of nitrogens with zero attached hydrogens (tertiary/aromatic N) is 3. The van der Waals surface area contributed by atoms with Crippen LogP contribution in [-0.4, -0.2) is 31.1 Å². The van der Waals surface area contributed by atoms with Crippen molar-refractivity contribution in [1.29, 1.82) is 0 Å². The first-order valence-corrected chi connectivity index (χ1v) is 8.82. The molecule has 1 aromatic carbocycles. The molecule has 0 aliphatic carbocycles. The highest BCUT2D eigenvalue weighted by Gasteiger charge is 2.32. The van der Waals surface area contributed by atoms with Gasteiger partial charge in [0.25, 0.3) is 5.56 Å². The lowest BCUT2D eigenvalue weighted by atomic mass is 10.2. The van der Waals surface area contributed by atoms with Crippen molar-refractivity contribution in [3.63, 3.8) is 0 Å². The standard InChI is InChI=1S/C15H9F3IN5O3/c16-15(17,18)26-10-7-8(3-1-2-6-19)4-5-9(10)20-13-14(25)22-12-11(21-13)23-27-24-12/h4-5,7H,2,6H2,(H,20,21,23)(H,22,24,25). The van der Waals surface area contributed by atoms with Crippen LogP contribution in [0.3, 0.4) is 0 Å². The molecule has 3 rings (SSSR count). The first-order valence-electron chi connectivity index (χ1n) is 7.30. The number of nitrogens with one attached hydrogen (secondary N) is 2. The second-order valence-electron chi connectivity index (χ2n) is 4.98. The lowest BCUT2D eigenvalue weighted by Crippen LogP contribution is -2.19. The molecule has 0 saturated carbocycles. The molecule has 12 heteroatoms. The van der Waals surface area contributed by atoms with E-state index in [9.17, 15) is 18.0 Å². The highest BCUT2D eigenvalue weighted by Crippen LogP contribution is 2.32. The Hall–Kier alpha value is -2.82. The van der Waals surface area contributed by atoms with E-state index in [-0.39, 0.29) is 22.8 Å². The van der Waals surface area contributed by atoms with Gasteiger partial charge in [-0.25, -0.2) is 4.63 Å². The van der Waals surface area contributed by atoms with Gasteiger partial charge in [-0.05, 0) is 28.5 Å². The smallest absolute Gasteiger partial charge is 0.404 e. The molecular weight excluding hydrogens is 482 g/mol. The van der Waals surface area contributed by atoms with Crippen LogP contribution in [0, 0.1) is 11.8 Å². The average Bonchev–Trinajstić information content (AvgIpc) is 3.03. The zero-order valence-corrected chi connectivity index (χ0v) is 15.4. The number of alkyl halides is 4. The number of hydrogen-bond donors (Lipinski definition) is 2. The number of aromatic nitrogens is 4. The Morgan fingerprint density at radius 2 is 2.15 bits per heavy atom. The number of fused-ring (bicyclic) bond motifs is 1. The Bertz CT molecular complexity index is 1080. The summed E-state index contributed by atoms with van der Waals surface area (Å²) in [7, 11) is 0.